The largest absolute Gasteiger partial charge is 0.332 e. The van der Waals surface area contributed by atoms with Gasteiger partial charge in [-0.1, -0.05) is 6.92 Å². The second-order valence-corrected chi connectivity index (χ2v) is 6.47. The van der Waals surface area contributed by atoms with Crippen molar-refractivity contribution in [3.8, 4) is 0 Å². The Hall–Kier alpha value is -0.920. The molecule has 0 unspecified atom stereocenters. The maximum Gasteiger partial charge on any atom is 0.260 e. The number of hydrogen-bond donors (Lipinski definition) is 2. The minimum absolute atomic E-state index is 0.110. The fraction of sp³-hybridized carbons (Fsp3) is 0.700. The quantitative estimate of drug-likeness (QED) is 0.798. The van der Waals surface area contributed by atoms with Gasteiger partial charge in [0.2, 0.25) is 0 Å². The standard InChI is InChI=1S/C10H20N4O2S/c1-5-8-12-6-9(13-8)17(15,16)14(4)10(2,3)7-11/h6H,5,7,11H2,1-4H3,(H,12,13). The van der Waals surface area contributed by atoms with Gasteiger partial charge in [-0.05, 0) is 13.8 Å². The van der Waals surface area contributed by atoms with Gasteiger partial charge < -0.3 is 10.7 Å². The Labute approximate surface area is 102 Å². The zero-order valence-electron chi connectivity index (χ0n) is 10.7. The number of aromatic amines is 1. The molecule has 0 spiro atoms. The van der Waals surface area contributed by atoms with Gasteiger partial charge in [-0.15, -0.1) is 0 Å². The Balaban J connectivity index is 3.11. The van der Waals surface area contributed by atoms with Crippen molar-refractivity contribution in [1.29, 1.82) is 0 Å². The molecular weight excluding hydrogens is 240 g/mol. The average molecular weight is 260 g/mol. The van der Waals surface area contributed by atoms with Crippen molar-refractivity contribution in [2.24, 2.45) is 5.73 Å². The van der Waals surface area contributed by atoms with Crippen LogP contribution in [0.5, 0.6) is 0 Å². The third-order valence-electron chi connectivity index (χ3n) is 2.93. The zero-order valence-corrected chi connectivity index (χ0v) is 11.5. The summed E-state index contributed by atoms with van der Waals surface area (Å²) in [5.41, 5.74) is 4.95. The molecule has 0 aliphatic heterocycles. The number of nitrogens with zero attached hydrogens (tertiary/aromatic N) is 2. The van der Waals surface area contributed by atoms with Crippen molar-refractivity contribution in [3.05, 3.63) is 12.0 Å². The van der Waals surface area contributed by atoms with E-state index in [1.807, 2.05) is 6.92 Å². The highest BCUT2D eigenvalue weighted by Crippen LogP contribution is 2.20. The lowest BCUT2D eigenvalue weighted by atomic mass is 10.1. The monoisotopic (exact) mass is 260 g/mol. The van der Waals surface area contributed by atoms with Crippen LogP contribution >= 0.6 is 0 Å². The highest BCUT2D eigenvalue weighted by molar-refractivity contribution is 7.89. The molecule has 0 aliphatic carbocycles. The first-order valence-electron chi connectivity index (χ1n) is 5.48. The van der Waals surface area contributed by atoms with Crippen molar-refractivity contribution in [1.82, 2.24) is 14.3 Å². The normalized spacial score (nSPS) is 13.3. The summed E-state index contributed by atoms with van der Waals surface area (Å²) in [6.45, 7) is 5.71. The van der Waals surface area contributed by atoms with Crippen LogP contribution in [0.1, 0.15) is 26.6 Å². The number of hydrogen-bond acceptors (Lipinski definition) is 4. The maximum absolute atomic E-state index is 12.3. The summed E-state index contributed by atoms with van der Waals surface area (Å²) in [7, 11) is -2.04. The van der Waals surface area contributed by atoms with Gasteiger partial charge in [-0.25, -0.2) is 13.4 Å². The first-order chi connectivity index (χ1) is 7.75. The molecule has 1 aromatic heterocycles. The highest BCUT2D eigenvalue weighted by Gasteiger charge is 2.34. The van der Waals surface area contributed by atoms with Crippen LogP contribution in [0.4, 0.5) is 0 Å². The number of rotatable bonds is 5. The molecule has 0 saturated heterocycles. The smallest absolute Gasteiger partial charge is 0.260 e. The van der Waals surface area contributed by atoms with Crippen molar-refractivity contribution < 1.29 is 8.42 Å². The SMILES string of the molecule is CCc1ncc(S(=O)(=O)N(C)C(C)(C)CN)[nH]1. The molecule has 0 atom stereocenters. The van der Waals surface area contributed by atoms with Gasteiger partial charge in [-0.3, -0.25) is 0 Å². The number of H-pyrrole nitrogens is 1. The van der Waals surface area contributed by atoms with E-state index in [9.17, 15) is 8.42 Å². The number of aromatic nitrogens is 2. The van der Waals surface area contributed by atoms with Gasteiger partial charge in [0, 0.05) is 25.6 Å². The molecule has 0 radical (unpaired) electrons. The molecule has 0 bridgehead atoms. The van der Waals surface area contributed by atoms with Crippen LogP contribution in [-0.2, 0) is 16.4 Å². The third-order valence-corrected chi connectivity index (χ3v) is 4.91. The lowest BCUT2D eigenvalue weighted by molar-refractivity contribution is 0.273. The molecule has 1 rings (SSSR count). The van der Waals surface area contributed by atoms with Crippen molar-refractivity contribution in [2.75, 3.05) is 13.6 Å². The second kappa shape index (κ2) is 4.75. The minimum atomic E-state index is -3.56. The number of aryl methyl sites for hydroxylation is 1. The van der Waals surface area contributed by atoms with Gasteiger partial charge >= 0.3 is 0 Å². The summed E-state index contributed by atoms with van der Waals surface area (Å²) in [5, 5.41) is 0.110. The molecule has 0 aromatic carbocycles. The summed E-state index contributed by atoms with van der Waals surface area (Å²) < 4.78 is 25.8. The van der Waals surface area contributed by atoms with Crippen molar-refractivity contribution >= 4 is 10.0 Å². The molecule has 6 nitrogen and oxygen atoms in total. The van der Waals surface area contributed by atoms with E-state index in [1.165, 1.54) is 17.5 Å². The van der Waals surface area contributed by atoms with E-state index < -0.39 is 15.6 Å². The van der Waals surface area contributed by atoms with E-state index in [0.29, 0.717) is 12.2 Å². The van der Waals surface area contributed by atoms with E-state index >= 15 is 0 Å². The van der Waals surface area contributed by atoms with E-state index in [0.717, 1.165) is 0 Å². The van der Waals surface area contributed by atoms with Crippen LogP contribution in [0.15, 0.2) is 11.2 Å². The fourth-order valence-electron chi connectivity index (χ4n) is 1.26. The molecule has 17 heavy (non-hydrogen) atoms. The highest BCUT2D eigenvalue weighted by atomic mass is 32.2. The van der Waals surface area contributed by atoms with Crippen molar-refractivity contribution in [3.63, 3.8) is 0 Å². The van der Waals surface area contributed by atoms with E-state index in [-0.39, 0.29) is 11.6 Å². The Morgan fingerprint density at radius 2 is 2.12 bits per heavy atom. The van der Waals surface area contributed by atoms with Crippen LogP contribution in [0.2, 0.25) is 0 Å². The molecule has 1 heterocycles. The van der Waals surface area contributed by atoms with Crippen LogP contribution in [-0.4, -0.2) is 41.8 Å². The summed E-state index contributed by atoms with van der Waals surface area (Å²) in [6.07, 6.45) is 2.01. The molecule has 1 aromatic rings. The first-order valence-corrected chi connectivity index (χ1v) is 6.92. The van der Waals surface area contributed by atoms with Crippen LogP contribution in [0.3, 0.4) is 0 Å². The predicted molar refractivity (Wildman–Crippen MR) is 66.0 cm³/mol. The predicted octanol–water partition coefficient (Wildman–Crippen LogP) is 0.330. The first kappa shape index (κ1) is 14.1. The molecule has 0 amide bonds. The van der Waals surface area contributed by atoms with Crippen LogP contribution in [0.25, 0.3) is 0 Å². The van der Waals surface area contributed by atoms with Crippen LogP contribution in [0, 0.1) is 0 Å². The molecular formula is C10H20N4O2S. The van der Waals surface area contributed by atoms with Gasteiger partial charge in [-0.2, -0.15) is 4.31 Å². The number of likely N-dealkylation sites (N-methyl/N-ethyl adjacent to an activating group) is 1. The second-order valence-electron chi connectivity index (χ2n) is 4.54. The lowest BCUT2D eigenvalue weighted by Crippen LogP contribution is -2.49. The Kier molecular flexibility index (Phi) is 3.95. The Bertz CT molecular complexity index is 478. The summed E-state index contributed by atoms with van der Waals surface area (Å²) in [6, 6.07) is 0. The topological polar surface area (TPSA) is 92.1 Å². The number of nitrogens with two attached hydrogens (primary N) is 1. The fourth-order valence-corrected chi connectivity index (χ4v) is 2.71. The summed E-state index contributed by atoms with van der Waals surface area (Å²) in [4.78, 5) is 6.80. The van der Waals surface area contributed by atoms with Gasteiger partial charge in [0.1, 0.15) is 5.82 Å². The summed E-state index contributed by atoms with van der Waals surface area (Å²) >= 11 is 0. The molecule has 98 valence electrons. The number of sulfonamides is 1. The van der Waals surface area contributed by atoms with Gasteiger partial charge in [0.05, 0.1) is 6.20 Å². The van der Waals surface area contributed by atoms with Crippen LogP contribution < -0.4 is 5.73 Å². The Morgan fingerprint density at radius 1 is 1.53 bits per heavy atom. The van der Waals surface area contributed by atoms with Crippen molar-refractivity contribution in [2.45, 2.75) is 37.8 Å². The van der Waals surface area contributed by atoms with E-state index in [2.05, 4.69) is 9.97 Å². The number of imidazole rings is 1. The lowest BCUT2D eigenvalue weighted by Gasteiger charge is -2.32. The third kappa shape index (κ3) is 2.67. The molecule has 0 aliphatic rings. The number of nitrogens with one attached hydrogen (secondary N) is 1. The Morgan fingerprint density at radius 3 is 2.53 bits per heavy atom. The maximum atomic E-state index is 12.3. The zero-order chi connectivity index (χ0) is 13.3. The molecule has 7 heteroatoms. The molecule has 3 N–H and O–H groups in total. The average Bonchev–Trinajstić information content (AvgIpc) is 2.77. The van der Waals surface area contributed by atoms with E-state index in [1.54, 1.807) is 13.8 Å². The molecule has 0 fully saturated rings. The van der Waals surface area contributed by atoms with Gasteiger partial charge in [0.15, 0.2) is 5.03 Å². The minimum Gasteiger partial charge on any atom is -0.332 e. The molecule has 0 saturated carbocycles. The van der Waals surface area contributed by atoms with Gasteiger partial charge in [0.25, 0.3) is 10.0 Å². The van der Waals surface area contributed by atoms with E-state index in [4.69, 9.17) is 5.73 Å². The summed E-state index contributed by atoms with van der Waals surface area (Å²) in [5.74, 6) is 0.655.